The van der Waals surface area contributed by atoms with E-state index >= 15 is 0 Å². The second-order valence-electron chi connectivity index (χ2n) is 12.9. The number of rotatable bonds is 4. The number of hydrogen-bond acceptors (Lipinski definition) is 3. The minimum absolute atomic E-state index is 0.652. The van der Waals surface area contributed by atoms with Gasteiger partial charge in [0.05, 0.1) is 33.9 Å². The maximum atomic E-state index is 9.73. The summed E-state index contributed by atoms with van der Waals surface area (Å²) in [5.74, 6) is 0. The first-order valence-corrected chi connectivity index (χ1v) is 17.0. The van der Waals surface area contributed by atoms with E-state index in [-0.39, 0.29) is 0 Å². The zero-order valence-corrected chi connectivity index (χ0v) is 27.5. The van der Waals surface area contributed by atoms with E-state index in [2.05, 4.69) is 149 Å². The number of para-hydroxylation sites is 2. The Kier molecular flexibility index (Phi) is 6.52. The second kappa shape index (κ2) is 11.5. The van der Waals surface area contributed by atoms with Gasteiger partial charge in [0.25, 0.3) is 0 Å². The summed E-state index contributed by atoms with van der Waals surface area (Å²) in [6.45, 7) is 0. The molecule has 0 saturated carbocycles. The van der Waals surface area contributed by atoms with Crippen molar-refractivity contribution in [3.8, 4) is 45.3 Å². The number of benzene rings is 7. The molecule has 0 spiro atoms. The van der Waals surface area contributed by atoms with Crippen LogP contribution in [0.5, 0.6) is 0 Å². The summed E-state index contributed by atoms with van der Waals surface area (Å²) in [4.78, 5) is 9.74. The zero-order valence-electron chi connectivity index (χ0n) is 27.5. The van der Waals surface area contributed by atoms with Crippen molar-refractivity contribution in [2.75, 3.05) is 0 Å². The van der Waals surface area contributed by atoms with E-state index in [0.29, 0.717) is 5.56 Å². The van der Waals surface area contributed by atoms with Gasteiger partial charge in [-0.25, -0.2) is 4.98 Å². The van der Waals surface area contributed by atoms with E-state index < -0.39 is 0 Å². The van der Waals surface area contributed by atoms with Gasteiger partial charge < -0.3 is 4.57 Å². The zero-order chi connectivity index (χ0) is 33.9. The van der Waals surface area contributed by atoms with Crippen LogP contribution in [-0.2, 0) is 0 Å². The van der Waals surface area contributed by atoms with Gasteiger partial charge in [0, 0.05) is 56.1 Å². The molecule has 0 aliphatic rings. The first kappa shape index (κ1) is 28.9. The number of nitrogens with zero attached hydrogens (tertiary/aromatic N) is 4. The average molecular weight is 649 g/mol. The molecule has 10 aromatic rings. The van der Waals surface area contributed by atoms with Crippen molar-refractivity contribution in [2.24, 2.45) is 0 Å². The van der Waals surface area contributed by atoms with Crippen LogP contribution in [0.15, 0.2) is 170 Å². The third-order valence-corrected chi connectivity index (χ3v) is 10.1. The van der Waals surface area contributed by atoms with Crippen LogP contribution in [0.2, 0.25) is 0 Å². The Morgan fingerprint density at radius 2 is 1.18 bits per heavy atom. The highest BCUT2D eigenvalue weighted by molar-refractivity contribution is 6.25. The average Bonchev–Trinajstić information content (AvgIpc) is 3.53. The predicted molar refractivity (Wildman–Crippen MR) is 210 cm³/mol. The molecule has 7 aromatic carbocycles. The molecule has 0 unspecified atom stereocenters. The highest BCUT2D eigenvalue weighted by Crippen LogP contribution is 2.42. The fraction of sp³-hybridized carbons (Fsp3) is 0. The van der Waals surface area contributed by atoms with Crippen molar-refractivity contribution < 1.29 is 0 Å². The van der Waals surface area contributed by atoms with Gasteiger partial charge in [-0.15, -0.1) is 0 Å². The molecule has 4 nitrogen and oxygen atoms in total. The van der Waals surface area contributed by atoms with Gasteiger partial charge in [-0.3, -0.25) is 4.98 Å². The largest absolute Gasteiger partial charge is 0.309 e. The second-order valence-corrected chi connectivity index (χ2v) is 12.9. The standard InChI is InChI=1S/C47H28N4/c48-28-30-16-22-44-40(25-30)41-26-33(21-23-45(41)51(44)35-10-2-1-3-11-35)31-17-19-32(20-18-31)47-42-27-39(34-9-8-24-49-29-34)36-12-4-5-13-37(36)46(42)38-14-6-7-15-43(38)50-47/h1-27,29H. The smallest absolute Gasteiger partial charge is 0.0991 e. The van der Waals surface area contributed by atoms with Crippen molar-refractivity contribution in [3.05, 3.63) is 176 Å². The Hall–Kier alpha value is -7.09. The van der Waals surface area contributed by atoms with Gasteiger partial charge in [-0.2, -0.15) is 5.26 Å². The van der Waals surface area contributed by atoms with Crippen LogP contribution < -0.4 is 0 Å². The summed E-state index contributed by atoms with van der Waals surface area (Å²) >= 11 is 0. The number of fused-ring (bicyclic) bond motifs is 8. The van der Waals surface area contributed by atoms with Gasteiger partial charge in [-0.1, -0.05) is 97.1 Å². The molecular weight excluding hydrogens is 621 g/mol. The molecule has 0 aliphatic carbocycles. The number of aromatic nitrogens is 3. The molecule has 51 heavy (non-hydrogen) atoms. The van der Waals surface area contributed by atoms with Crippen LogP contribution >= 0.6 is 0 Å². The number of nitriles is 1. The summed E-state index contributed by atoms with van der Waals surface area (Å²) in [6, 6.07) is 57.6. The minimum Gasteiger partial charge on any atom is -0.309 e. The topological polar surface area (TPSA) is 54.5 Å². The van der Waals surface area contributed by atoms with Crippen molar-refractivity contribution in [1.29, 1.82) is 5.26 Å². The molecule has 236 valence electrons. The van der Waals surface area contributed by atoms with E-state index in [0.717, 1.165) is 77.3 Å². The van der Waals surface area contributed by atoms with E-state index in [1.807, 2.05) is 36.7 Å². The van der Waals surface area contributed by atoms with Gasteiger partial charge in [0.1, 0.15) is 0 Å². The lowest BCUT2D eigenvalue weighted by atomic mass is 9.90. The van der Waals surface area contributed by atoms with Crippen LogP contribution in [0.25, 0.3) is 93.5 Å². The maximum absolute atomic E-state index is 9.73. The van der Waals surface area contributed by atoms with Crippen molar-refractivity contribution in [1.82, 2.24) is 14.5 Å². The summed E-state index contributed by atoms with van der Waals surface area (Å²) < 4.78 is 2.28. The molecule has 0 radical (unpaired) electrons. The molecular formula is C47H28N4. The summed E-state index contributed by atoms with van der Waals surface area (Å²) in [6.07, 6.45) is 3.75. The molecule has 0 fully saturated rings. The monoisotopic (exact) mass is 648 g/mol. The van der Waals surface area contributed by atoms with Crippen LogP contribution in [0.1, 0.15) is 5.56 Å². The Morgan fingerprint density at radius 1 is 0.490 bits per heavy atom. The summed E-state index contributed by atoms with van der Waals surface area (Å²) in [5.41, 5.74) is 11.4. The Labute approximate surface area is 294 Å². The molecule has 4 heteroatoms. The van der Waals surface area contributed by atoms with E-state index in [4.69, 9.17) is 4.98 Å². The maximum Gasteiger partial charge on any atom is 0.0991 e. The highest BCUT2D eigenvalue weighted by Gasteiger charge is 2.18. The third kappa shape index (κ3) is 4.60. The van der Waals surface area contributed by atoms with Gasteiger partial charge in [-0.05, 0) is 88.1 Å². The Morgan fingerprint density at radius 3 is 1.96 bits per heavy atom. The lowest BCUT2D eigenvalue weighted by Gasteiger charge is -2.16. The van der Waals surface area contributed by atoms with Crippen LogP contribution in [0.3, 0.4) is 0 Å². The van der Waals surface area contributed by atoms with E-state index in [9.17, 15) is 5.26 Å². The van der Waals surface area contributed by atoms with Gasteiger partial charge in [0.2, 0.25) is 0 Å². The van der Waals surface area contributed by atoms with E-state index in [1.165, 1.54) is 16.2 Å². The lowest BCUT2D eigenvalue weighted by molar-refractivity contribution is 1.18. The molecule has 0 atom stereocenters. The molecule has 3 aromatic heterocycles. The number of hydrogen-bond donors (Lipinski definition) is 0. The van der Waals surface area contributed by atoms with Gasteiger partial charge >= 0.3 is 0 Å². The van der Waals surface area contributed by atoms with Gasteiger partial charge in [0.15, 0.2) is 0 Å². The van der Waals surface area contributed by atoms with E-state index in [1.54, 1.807) is 0 Å². The predicted octanol–water partition coefficient (Wildman–Crippen LogP) is 11.9. The lowest BCUT2D eigenvalue weighted by Crippen LogP contribution is -1.93. The van der Waals surface area contributed by atoms with Crippen LogP contribution in [0.4, 0.5) is 0 Å². The third-order valence-electron chi connectivity index (χ3n) is 10.1. The molecule has 10 rings (SSSR count). The summed E-state index contributed by atoms with van der Waals surface area (Å²) in [5, 5.41) is 17.8. The van der Waals surface area contributed by atoms with Crippen LogP contribution in [-0.4, -0.2) is 14.5 Å². The first-order valence-electron chi connectivity index (χ1n) is 17.0. The molecule has 0 N–H and O–H groups in total. The first-order chi connectivity index (χ1) is 25.2. The molecule has 0 bridgehead atoms. The fourth-order valence-corrected chi connectivity index (χ4v) is 7.74. The highest BCUT2D eigenvalue weighted by atomic mass is 15.0. The van der Waals surface area contributed by atoms with Crippen molar-refractivity contribution >= 4 is 54.3 Å². The molecule has 3 heterocycles. The van der Waals surface area contributed by atoms with Crippen molar-refractivity contribution in [2.45, 2.75) is 0 Å². The normalized spacial score (nSPS) is 11.5. The molecule has 0 amide bonds. The molecule has 0 aliphatic heterocycles. The number of pyridine rings is 2. The Bertz CT molecular complexity index is 3010. The quantitative estimate of drug-likeness (QED) is 0.178. The fourth-order valence-electron chi connectivity index (χ4n) is 7.74. The van der Waals surface area contributed by atoms with Crippen molar-refractivity contribution in [3.63, 3.8) is 0 Å². The minimum atomic E-state index is 0.652. The van der Waals surface area contributed by atoms with Crippen LogP contribution in [0, 0.1) is 11.3 Å². The molecule has 0 saturated heterocycles. The SMILES string of the molecule is N#Cc1ccc2c(c1)c1cc(-c3ccc(-c4nc5ccccc5c5c4cc(-c4cccnc4)c4ccccc45)cc3)ccc1n2-c1ccccc1. The summed E-state index contributed by atoms with van der Waals surface area (Å²) in [7, 11) is 0. The Balaban J connectivity index is 1.16.